The number of hydrogen-bond donors (Lipinski definition) is 0. The number of piperazine rings is 1. The third-order valence-corrected chi connectivity index (χ3v) is 6.46. The first-order chi connectivity index (χ1) is 18.2. The Morgan fingerprint density at radius 2 is 1.84 bits per heavy atom. The van der Waals surface area contributed by atoms with Crippen molar-refractivity contribution in [2.45, 2.75) is 32.8 Å². The van der Waals surface area contributed by atoms with Crippen LogP contribution in [0.4, 0.5) is 15.0 Å². The molecule has 8 nitrogen and oxygen atoms in total. The van der Waals surface area contributed by atoms with Crippen LogP contribution < -0.4 is 4.90 Å². The maximum atomic E-state index is 14.2. The monoisotopic (exact) mass is 534 g/mol. The van der Waals surface area contributed by atoms with E-state index in [0.29, 0.717) is 71.4 Å². The van der Waals surface area contributed by atoms with Crippen molar-refractivity contribution < 1.29 is 13.9 Å². The molecule has 1 aliphatic heterocycles. The Kier molecular flexibility index (Phi) is 7.12. The number of carbonyl (C=O) groups is 1. The summed E-state index contributed by atoms with van der Waals surface area (Å²) in [4.78, 5) is 34.7. The number of ether oxygens (including phenoxy) is 1. The standard InChI is InChI=1S/C28H28ClFN6O2/c1-28(2,3)38-27(37)36-12-10-35(11-13-36)26-24-21(29)16-31-17-23(24)33-25(34-26)19-8-9-32-20(15-19)14-18-6-4-5-7-22(18)30/h4-9,15-17H,10-14H2,1-3H3. The highest BCUT2D eigenvalue weighted by molar-refractivity contribution is 6.36. The minimum atomic E-state index is -0.553. The van der Waals surface area contributed by atoms with E-state index in [1.807, 2.05) is 32.9 Å². The molecule has 0 aliphatic carbocycles. The Morgan fingerprint density at radius 1 is 1.08 bits per heavy atom. The minimum absolute atomic E-state index is 0.268. The molecule has 1 fully saturated rings. The highest BCUT2D eigenvalue weighted by atomic mass is 35.5. The fourth-order valence-corrected chi connectivity index (χ4v) is 4.60. The van der Waals surface area contributed by atoms with E-state index in [0.717, 1.165) is 5.56 Å². The van der Waals surface area contributed by atoms with Crippen molar-refractivity contribution in [3.05, 3.63) is 77.1 Å². The van der Waals surface area contributed by atoms with Gasteiger partial charge in [-0.2, -0.15) is 0 Å². The molecular weight excluding hydrogens is 507 g/mol. The summed E-state index contributed by atoms with van der Waals surface area (Å²) in [6.45, 7) is 7.64. The molecule has 4 aromatic rings. The van der Waals surface area contributed by atoms with Crippen LogP contribution >= 0.6 is 11.6 Å². The molecule has 0 radical (unpaired) electrons. The molecule has 196 valence electrons. The average molecular weight is 535 g/mol. The predicted octanol–water partition coefficient (Wildman–Crippen LogP) is 5.53. The normalized spacial score (nSPS) is 14.1. The van der Waals surface area contributed by atoms with Crippen molar-refractivity contribution in [3.8, 4) is 11.4 Å². The predicted molar refractivity (Wildman–Crippen MR) is 145 cm³/mol. The first-order valence-electron chi connectivity index (χ1n) is 12.4. The number of benzene rings is 1. The van der Waals surface area contributed by atoms with E-state index in [4.69, 9.17) is 26.3 Å². The van der Waals surface area contributed by atoms with Gasteiger partial charge < -0.3 is 14.5 Å². The Labute approximate surface area is 225 Å². The van der Waals surface area contributed by atoms with Crippen LogP contribution in [0.3, 0.4) is 0 Å². The largest absolute Gasteiger partial charge is 0.444 e. The number of anilines is 1. The Bertz CT molecular complexity index is 1480. The second kappa shape index (κ2) is 10.5. The molecule has 0 N–H and O–H groups in total. The molecule has 0 unspecified atom stereocenters. The van der Waals surface area contributed by atoms with Gasteiger partial charge in [0.2, 0.25) is 0 Å². The molecule has 1 saturated heterocycles. The first-order valence-corrected chi connectivity index (χ1v) is 12.8. The lowest BCUT2D eigenvalue weighted by Gasteiger charge is -2.36. The molecule has 4 heterocycles. The number of carbonyl (C=O) groups excluding carboxylic acids is 1. The summed E-state index contributed by atoms with van der Waals surface area (Å²) >= 11 is 6.56. The third kappa shape index (κ3) is 5.67. The van der Waals surface area contributed by atoms with Crippen LogP contribution in [-0.4, -0.2) is 62.7 Å². The van der Waals surface area contributed by atoms with Crippen molar-refractivity contribution in [1.29, 1.82) is 0 Å². The minimum Gasteiger partial charge on any atom is -0.444 e. The van der Waals surface area contributed by atoms with Gasteiger partial charge in [-0.3, -0.25) is 9.97 Å². The van der Waals surface area contributed by atoms with Crippen LogP contribution in [0.2, 0.25) is 5.02 Å². The van der Waals surface area contributed by atoms with Gasteiger partial charge in [0.05, 0.1) is 22.1 Å². The van der Waals surface area contributed by atoms with E-state index >= 15 is 0 Å². The van der Waals surface area contributed by atoms with Crippen LogP contribution in [-0.2, 0) is 11.2 Å². The molecule has 1 aromatic carbocycles. The summed E-state index contributed by atoms with van der Waals surface area (Å²) in [5, 5.41) is 1.16. The van der Waals surface area contributed by atoms with E-state index in [1.165, 1.54) is 6.07 Å². The fraction of sp³-hybridized carbons (Fsp3) is 0.321. The quantitative estimate of drug-likeness (QED) is 0.340. The number of amides is 1. The van der Waals surface area contributed by atoms with Gasteiger partial charge in [-0.1, -0.05) is 29.8 Å². The molecule has 1 amide bonds. The molecular formula is C28H28ClFN6O2. The van der Waals surface area contributed by atoms with Gasteiger partial charge in [0.25, 0.3) is 0 Å². The zero-order valence-corrected chi connectivity index (χ0v) is 22.2. The van der Waals surface area contributed by atoms with Crippen molar-refractivity contribution >= 4 is 34.4 Å². The number of rotatable bonds is 4. The van der Waals surface area contributed by atoms with E-state index in [2.05, 4.69) is 14.9 Å². The number of pyridine rings is 2. The van der Waals surface area contributed by atoms with Gasteiger partial charge >= 0.3 is 6.09 Å². The summed E-state index contributed by atoms with van der Waals surface area (Å²) in [5.74, 6) is 0.896. The van der Waals surface area contributed by atoms with Crippen LogP contribution in [0.25, 0.3) is 22.3 Å². The first kappa shape index (κ1) is 25.8. The fourth-order valence-electron chi connectivity index (χ4n) is 4.36. The second-order valence-corrected chi connectivity index (χ2v) is 10.6. The molecule has 10 heteroatoms. The number of hydrogen-bond acceptors (Lipinski definition) is 7. The highest BCUT2D eigenvalue weighted by Gasteiger charge is 2.28. The Balaban J connectivity index is 1.46. The van der Waals surface area contributed by atoms with Gasteiger partial charge in [0.1, 0.15) is 17.2 Å². The lowest BCUT2D eigenvalue weighted by atomic mass is 10.1. The third-order valence-electron chi connectivity index (χ3n) is 6.18. The Morgan fingerprint density at radius 3 is 2.58 bits per heavy atom. The molecule has 5 rings (SSSR count). The number of aromatic nitrogens is 4. The van der Waals surface area contributed by atoms with E-state index in [1.54, 1.807) is 41.7 Å². The molecule has 1 aliphatic rings. The summed E-state index contributed by atoms with van der Waals surface area (Å²) in [6.07, 6.45) is 4.93. The smallest absolute Gasteiger partial charge is 0.410 e. The number of halogens is 2. The van der Waals surface area contributed by atoms with Crippen molar-refractivity contribution in [1.82, 2.24) is 24.8 Å². The average Bonchev–Trinajstić information content (AvgIpc) is 2.89. The highest BCUT2D eigenvalue weighted by Crippen LogP contribution is 2.33. The van der Waals surface area contributed by atoms with Gasteiger partial charge in [0.15, 0.2) is 5.82 Å². The van der Waals surface area contributed by atoms with E-state index in [9.17, 15) is 9.18 Å². The summed E-state index contributed by atoms with van der Waals surface area (Å²) < 4.78 is 19.7. The molecule has 0 spiro atoms. The molecule has 3 aromatic heterocycles. The van der Waals surface area contributed by atoms with Gasteiger partial charge in [-0.15, -0.1) is 0 Å². The van der Waals surface area contributed by atoms with Gasteiger partial charge in [-0.05, 0) is 44.5 Å². The lowest BCUT2D eigenvalue weighted by Crippen LogP contribution is -2.50. The summed E-state index contributed by atoms with van der Waals surface area (Å²) in [5.41, 5.74) is 2.08. The van der Waals surface area contributed by atoms with Crippen molar-refractivity contribution in [2.24, 2.45) is 0 Å². The molecule has 0 atom stereocenters. The van der Waals surface area contributed by atoms with E-state index < -0.39 is 5.60 Å². The number of fused-ring (bicyclic) bond motifs is 1. The SMILES string of the molecule is CC(C)(C)OC(=O)N1CCN(c2nc(-c3ccnc(Cc4ccccc4F)c3)nc3cncc(Cl)c23)CC1. The molecule has 38 heavy (non-hydrogen) atoms. The van der Waals surface area contributed by atoms with Gasteiger partial charge in [-0.25, -0.2) is 19.2 Å². The maximum absolute atomic E-state index is 14.2. The van der Waals surface area contributed by atoms with Crippen LogP contribution in [0, 0.1) is 5.82 Å². The number of nitrogens with zero attached hydrogens (tertiary/aromatic N) is 6. The maximum Gasteiger partial charge on any atom is 0.410 e. The lowest BCUT2D eigenvalue weighted by molar-refractivity contribution is 0.0240. The zero-order chi connectivity index (χ0) is 26.9. The zero-order valence-electron chi connectivity index (χ0n) is 21.5. The van der Waals surface area contributed by atoms with Crippen LogP contribution in [0.1, 0.15) is 32.0 Å². The van der Waals surface area contributed by atoms with Crippen molar-refractivity contribution in [2.75, 3.05) is 31.1 Å². The van der Waals surface area contributed by atoms with Crippen molar-refractivity contribution in [3.63, 3.8) is 0 Å². The summed E-state index contributed by atoms with van der Waals surface area (Å²) in [7, 11) is 0. The molecule has 0 bridgehead atoms. The summed E-state index contributed by atoms with van der Waals surface area (Å²) in [6, 6.07) is 10.4. The Hall–Kier alpha value is -3.85. The van der Waals surface area contributed by atoms with Crippen LogP contribution in [0.15, 0.2) is 55.0 Å². The van der Waals surface area contributed by atoms with Gasteiger partial charge in [0, 0.05) is 56.3 Å². The van der Waals surface area contributed by atoms with E-state index in [-0.39, 0.29) is 11.9 Å². The van der Waals surface area contributed by atoms with Crippen LogP contribution in [0.5, 0.6) is 0 Å². The topological polar surface area (TPSA) is 84.3 Å². The second-order valence-electron chi connectivity index (χ2n) is 10.1. The molecule has 0 saturated carbocycles.